The molecule has 0 aromatic heterocycles. The molecule has 0 bridgehead atoms. The summed E-state index contributed by atoms with van der Waals surface area (Å²) < 4.78 is 13.3. The second kappa shape index (κ2) is 5.97. The van der Waals surface area contributed by atoms with E-state index in [-0.39, 0.29) is 11.6 Å². The van der Waals surface area contributed by atoms with Gasteiger partial charge in [-0.3, -0.25) is 9.69 Å². The fourth-order valence-electron chi connectivity index (χ4n) is 1.51. The number of carbonyl (C=O) groups is 1. The van der Waals surface area contributed by atoms with Gasteiger partial charge in [-0.15, -0.1) is 0 Å². The zero-order valence-corrected chi connectivity index (χ0v) is 10.2. The van der Waals surface area contributed by atoms with Gasteiger partial charge in [-0.05, 0) is 44.2 Å². The van der Waals surface area contributed by atoms with Gasteiger partial charge in [0.2, 0.25) is 0 Å². The lowest BCUT2D eigenvalue weighted by Gasteiger charge is -2.14. The van der Waals surface area contributed by atoms with Crippen molar-refractivity contribution in [2.75, 3.05) is 20.1 Å². The zero-order valence-electron chi connectivity index (χ0n) is 9.46. The molecule has 2 nitrogen and oxygen atoms in total. The number of rotatable bonds is 5. The molecular formula is C12H15ClFNO. The topological polar surface area (TPSA) is 20.3 Å². The normalized spacial score (nSPS) is 10.8. The van der Waals surface area contributed by atoms with E-state index in [4.69, 9.17) is 11.6 Å². The van der Waals surface area contributed by atoms with E-state index >= 15 is 0 Å². The Bertz CT molecular complexity index is 381. The molecule has 1 aromatic carbocycles. The molecule has 0 heterocycles. The number of hydrogen-bond acceptors (Lipinski definition) is 2. The molecule has 0 spiro atoms. The third kappa shape index (κ3) is 4.29. The van der Waals surface area contributed by atoms with E-state index in [1.165, 1.54) is 19.1 Å². The van der Waals surface area contributed by atoms with Crippen LogP contribution in [0, 0.1) is 5.82 Å². The van der Waals surface area contributed by atoms with Crippen molar-refractivity contribution in [3.8, 4) is 0 Å². The van der Waals surface area contributed by atoms with Crippen molar-refractivity contribution in [3.63, 3.8) is 0 Å². The molecule has 88 valence electrons. The Labute approximate surface area is 100 Å². The minimum Gasteiger partial charge on any atom is -0.299 e. The maximum absolute atomic E-state index is 13.3. The van der Waals surface area contributed by atoms with Crippen LogP contribution >= 0.6 is 11.6 Å². The van der Waals surface area contributed by atoms with Gasteiger partial charge in [0, 0.05) is 11.6 Å². The summed E-state index contributed by atoms with van der Waals surface area (Å²) in [5, 5.41) is 0.533. The van der Waals surface area contributed by atoms with Crippen LogP contribution in [0.15, 0.2) is 18.2 Å². The predicted molar refractivity (Wildman–Crippen MR) is 63.3 cm³/mol. The van der Waals surface area contributed by atoms with Crippen LogP contribution in [0.2, 0.25) is 5.02 Å². The molecule has 0 aliphatic heterocycles. The Morgan fingerprint density at radius 1 is 1.50 bits per heavy atom. The van der Waals surface area contributed by atoms with Crippen LogP contribution in [-0.4, -0.2) is 30.8 Å². The summed E-state index contributed by atoms with van der Waals surface area (Å²) in [6, 6.07) is 4.51. The van der Waals surface area contributed by atoms with Crippen molar-refractivity contribution in [2.45, 2.75) is 13.3 Å². The minimum atomic E-state index is -0.249. The van der Waals surface area contributed by atoms with E-state index in [0.29, 0.717) is 30.1 Å². The fraction of sp³-hybridized carbons (Fsp3) is 0.417. The molecule has 0 saturated carbocycles. The molecule has 0 aliphatic carbocycles. The van der Waals surface area contributed by atoms with Gasteiger partial charge in [-0.25, -0.2) is 4.39 Å². The standard InChI is InChI=1S/C12H15ClFNO/c1-9(16)8-15(2)6-5-10-7-11(13)3-4-12(10)14/h3-4,7H,5-6,8H2,1-2H3. The molecule has 0 radical (unpaired) electrons. The van der Waals surface area contributed by atoms with Crippen molar-refractivity contribution in [1.29, 1.82) is 0 Å². The summed E-state index contributed by atoms with van der Waals surface area (Å²) in [6.07, 6.45) is 0.552. The van der Waals surface area contributed by atoms with Gasteiger partial charge in [0.15, 0.2) is 0 Å². The Hall–Kier alpha value is -0.930. The Balaban J connectivity index is 2.54. The first kappa shape index (κ1) is 13.1. The van der Waals surface area contributed by atoms with Gasteiger partial charge in [-0.2, -0.15) is 0 Å². The van der Waals surface area contributed by atoms with Crippen LogP contribution in [0.1, 0.15) is 12.5 Å². The summed E-state index contributed by atoms with van der Waals surface area (Å²) in [6.45, 7) is 2.56. The van der Waals surface area contributed by atoms with Gasteiger partial charge in [0.25, 0.3) is 0 Å². The number of likely N-dealkylation sites (N-methyl/N-ethyl adjacent to an activating group) is 1. The largest absolute Gasteiger partial charge is 0.299 e. The Morgan fingerprint density at radius 2 is 2.19 bits per heavy atom. The van der Waals surface area contributed by atoms with E-state index in [0.717, 1.165) is 0 Å². The van der Waals surface area contributed by atoms with Crippen molar-refractivity contribution in [1.82, 2.24) is 4.90 Å². The molecule has 4 heteroatoms. The predicted octanol–water partition coefficient (Wildman–Crippen LogP) is 2.54. The summed E-state index contributed by atoms with van der Waals surface area (Å²) in [5.41, 5.74) is 0.586. The van der Waals surface area contributed by atoms with Crippen LogP contribution in [0.5, 0.6) is 0 Å². The van der Waals surface area contributed by atoms with Gasteiger partial charge >= 0.3 is 0 Å². The monoisotopic (exact) mass is 243 g/mol. The molecule has 1 rings (SSSR count). The molecule has 0 amide bonds. The summed E-state index contributed by atoms with van der Waals surface area (Å²) in [5.74, 6) is -0.144. The average molecular weight is 244 g/mol. The van der Waals surface area contributed by atoms with Crippen molar-refractivity contribution in [2.24, 2.45) is 0 Å². The van der Waals surface area contributed by atoms with E-state index < -0.39 is 0 Å². The van der Waals surface area contributed by atoms with Crippen LogP contribution in [0.4, 0.5) is 4.39 Å². The zero-order chi connectivity index (χ0) is 12.1. The summed E-state index contributed by atoms with van der Waals surface area (Å²) >= 11 is 5.78. The van der Waals surface area contributed by atoms with E-state index in [2.05, 4.69) is 0 Å². The molecule has 0 saturated heterocycles. The van der Waals surface area contributed by atoms with Crippen molar-refractivity contribution < 1.29 is 9.18 Å². The second-order valence-corrected chi connectivity index (χ2v) is 4.36. The molecule has 0 aliphatic rings. The first-order valence-electron chi connectivity index (χ1n) is 5.11. The second-order valence-electron chi connectivity index (χ2n) is 3.93. The first-order valence-corrected chi connectivity index (χ1v) is 5.48. The Morgan fingerprint density at radius 3 is 2.81 bits per heavy atom. The fourth-order valence-corrected chi connectivity index (χ4v) is 1.70. The van der Waals surface area contributed by atoms with Gasteiger partial charge in [0.05, 0.1) is 6.54 Å². The minimum absolute atomic E-state index is 0.106. The lowest BCUT2D eigenvalue weighted by atomic mass is 10.1. The average Bonchev–Trinajstić information content (AvgIpc) is 2.18. The highest BCUT2D eigenvalue weighted by molar-refractivity contribution is 6.30. The highest BCUT2D eigenvalue weighted by atomic mass is 35.5. The van der Waals surface area contributed by atoms with Gasteiger partial charge < -0.3 is 0 Å². The van der Waals surface area contributed by atoms with Crippen LogP contribution in [0.3, 0.4) is 0 Å². The number of benzene rings is 1. The lowest BCUT2D eigenvalue weighted by molar-refractivity contribution is -0.117. The quantitative estimate of drug-likeness (QED) is 0.792. The van der Waals surface area contributed by atoms with Crippen LogP contribution < -0.4 is 0 Å². The number of nitrogens with zero attached hydrogens (tertiary/aromatic N) is 1. The third-order valence-corrected chi connectivity index (χ3v) is 2.50. The summed E-state index contributed by atoms with van der Waals surface area (Å²) in [7, 11) is 1.84. The summed E-state index contributed by atoms with van der Waals surface area (Å²) in [4.78, 5) is 12.7. The molecule has 0 atom stereocenters. The molecule has 16 heavy (non-hydrogen) atoms. The molecule has 0 unspecified atom stereocenters. The van der Waals surface area contributed by atoms with Crippen LogP contribution in [0.25, 0.3) is 0 Å². The molecule has 0 fully saturated rings. The van der Waals surface area contributed by atoms with Gasteiger partial charge in [-0.1, -0.05) is 11.6 Å². The number of halogens is 2. The van der Waals surface area contributed by atoms with E-state index in [9.17, 15) is 9.18 Å². The maximum Gasteiger partial charge on any atom is 0.143 e. The third-order valence-electron chi connectivity index (χ3n) is 2.26. The molecule has 0 N–H and O–H groups in total. The first-order chi connectivity index (χ1) is 7.49. The molecular weight excluding hydrogens is 229 g/mol. The SMILES string of the molecule is CC(=O)CN(C)CCc1cc(Cl)ccc1F. The Kier molecular flexibility index (Phi) is 4.90. The van der Waals surface area contributed by atoms with Gasteiger partial charge in [0.1, 0.15) is 11.6 Å². The number of ketones is 1. The smallest absolute Gasteiger partial charge is 0.143 e. The highest BCUT2D eigenvalue weighted by Gasteiger charge is 2.06. The van der Waals surface area contributed by atoms with Crippen LogP contribution in [-0.2, 0) is 11.2 Å². The highest BCUT2D eigenvalue weighted by Crippen LogP contribution is 2.15. The van der Waals surface area contributed by atoms with E-state index in [1.54, 1.807) is 6.07 Å². The van der Waals surface area contributed by atoms with E-state index in [1.807, 2.05) is 11.9 Å². The number of Topliss-reactive ketones (excluding diaryl/α,β-unsaturated/α-hetero) is 1. The van der Waals surface area contributed by atoms with Crippen molar-refractivity contribution in [3.05, 3.63) is 34.6 Å². The maximum atomic E-state index is 13.3. The number of carbonyl (C=O) groups excluding carboxylic acids is 1. The molecule has 1 aromatic rings. The lowest BCUT2D eigenvalue weighted by Crippen LogP contribution is -2.26. The van der Waals surface area contributed by atoms with Crippen molar-refractivity contribution >= 4 is 17.4 Å². The number of hydrogen-bond donors (Lipinski definition) is 0.